The topological polar surface area (TPSA) is 47.6 Å². The van der Waals surface area contributed by atoms with Crippen LogP contribution in [0.5, 0.6) is 11.5 Å². The number of rotatable bonds is 7. The Balaban J connectivity index is 1.96. The molecule has 2 aromatic rings. The summed E-state index contributed by atoms with van der Waals surface area (Å²) in [5, 5.41) is 2.95. The SMILES string of the molecule is CCOc1ccc(CCC(=O)Nc2ccc(Br)cc2C)cc1OC. The van der Waals surface area contributed by atoms with E-state index in [2.05, 4.69) is 21.2 Å². The summed E-state index contributed by atoms with van der Waals surface area (Å²) in [6.45, 7) is 4.49. The van der Waals surface area contributed by atoms with E-state index >= 15 is 0 Å². The molecule has 0 saturated carbocycles. The number of carbonyl (C=O) groups is 1. The molecule has 0 aliphatic carbocycles. The normalized spacial score (nSPS) is 10.3. The molecule has 128 valence electrons. The van der Waals surface area contributed by atoms with Crippen molar-refractivity contribution in [2.24, 2.45) is 0 Å². The van der Waals surface area contributed by atoms with Gasteiger partial charge in [-0.05, 0) is 61.7 Å². The third kappa shape index (κ3) is 4.99. The van der Waals surface area contributed by atoms with Crippen LogP contribution >= 0.6 is 15.9 Å². The van der Waals surface area contributed by atoms with Crippen LogP contribution < -0.4 is 14.8 Å². The molecule has 0 aliphatic rings. The summed E-state index contributed by atoms with van der Waals surface area (Å²) in [5.74, 6) is 1.41. The fourth-order valence-electron chi connectivity index (χ4n) is 2.38. The number of nitrogens with one attached hydrogen (secondary N) is 1. The van der Waals surface area contributed by atoms with E-state index in [-0.39, 0.29) is 5.91 Å². The molecule has 0 radical (unpaired) electrons. The maximum atomic E-state index is 12.2. The molecular weight excluding hydrogens is 370 g/mol. The van der Waals surface area contributed by atoms with Crippen LogP contribution in [0.15, 0.2) is 40.9 Å². The Labute approximate surface area is 151 Å². The molecule has 0 aliphatic heterocycles. The van der Waals surface area contributed by atoms with Crippen molar-refractivity contribution >= 4 is 27.5 Å². The highest BCUT2D eigenvalue weighted by Gasteiger charge is 2.09. The van der Waals surface area contributed by atoms with E-state index in [4.69, 9.17) is 9.47 Å². The van der Waals surface area contributed by atoms with Crippen molar-refractivity contribution in [3.05, 3.63) is 52.0 Å². The molecule has 0 heterocycles. The summed E-state index contributed by atoms with van der Waals surface area (Å²) in [6.07, 6.45) is 1.05. The molecule has 4 nitrogen and oxygen atoms in total. The number of aryl methyl sites for hydroxylation is 2. The number of amides is 1. The maximum absolute atomic E-state index is 12.2. The second kappa shape index (κ2) is 8.73. The average Bonchev–Trinajstić information content (AvgIpc) is 2.56. The van der Waals surface area contributed by atoms with Gasteiger partial charge in [0.15, 0.2) is 11.5 Å². The second-order valence-corrected chi connectivity index (χ2v) is 6.34. The van der Waals surface area contributed by atoms with Gasteiger partial charge in [-0.1, -0.05) is 22.0 Å². The predicted octanol–water partition coefficient (Wildman–Crippen LogP) is 4.74. The minimum absolute atomic E-state index is 0.00623. The van der Waals surface area contributed by atoms with Crippen molar-refractivity contribution in [2.75, 3.05) is 19.0 Å². The van der Waals surface area contributed by atoms with Crippen LogP contribution in [-0.4, -0.2) is 19.6 Å². The fourth-order valence-corrected chi connectivity index (χ4v) is 2.86. The van der Waals surface area contributed by atoms with Gasteiger partial charge < -0.3 is 14.8 Å². The van der Waals surface area contributed by atoms with Crippen molar-refractivity contribution in [1.82, 2.24) is 0 Å². The third-order valence-electron chi connectivity index (χ3n) is 3.63. The number of anilines is 1. The molecule has 5 heteroatoms. The van der Waals surface area contributed by atoms with Gasteiger partial charge in [0.25, 0.3) is 0 Å². The summed E-state index contributed by atoms with van der Waals surface area (Å²) < 4.78 is 11.8. The molecule has 0 spiro atoms. The van der Waals surface area contributed by atoms with E-state index in [9.17, 15) is 4.79 Å². The van der Waals surface area contributed by atoms with E-state index in [1.165, 1.54) is 0 Å². The van der Waals surface area contributed by atoms with Crippen molar-refractivity contribution in [1.29, 1.82) is 0 Å². The predicted molar refractivity (Wildman–Crippen MR) is 100.0 cm³/mol. The Bertz CT molecular complexity index is 716. The molecule has 0 bridgehead atoms. The Kier molecular flexibility index (Phi) is 6.67. The van der Waals surface area contributed by atoms with Crippen LogP contribution in [0.4, 0.5) is 5.69 Å². The minimum atomic E-state index is -0.00623. The van der Waals surface area contributed by atoms with Crippen molar-refractivity contribution in [3.8, 4) is 11.5 Å². The number of carbonyl (C=O) groups excluding carboxylic acids is 1. The van der Waals surface area contributed by atoms with Gasteiger partial charge in [-0.25, -0.2) is 0 Å². The fraction of sp³-hybridized carbons (Fsp3) is 0.316. The molecule has 1 N–H and O–H groups in total. The lowest BCUT2D eigenvalue weighted by Gasteiger charge is -2.11. The summed E-state index contributed by atoms with van der Waals surface area (Å²) >= 11 is 3.42. The summed E-state index contributed by atoms with van der Waals surface area (Å²) in [6, 6.07) is 11.6. The number of methoxy groups -OCH3 is 1. The first-order valence-electron chi connectivity index (χ1n) is 7.89. The van der Waals surface area contributed by atoms with Crippen LogP contribution in [0.3, 0.4) is 0 Å². The molecular formula is C19H22BrNO3. The molecule has 2 aromatic carbocycles. The summed E-state index contributed by atoms with van der Waals surface area (Å²) in [5.41, 5.74) is 2.91. The third-order valence-corrected chi connectivity index (χ3v) is 4.12. The van der Waals surface area contributed by atoms with Gasteiger partial charge in [0.05, 0.1) is 13.7 Å². The van der Waals surface area contributed by atoms with E-state index in [1.54, 1.807) is 7.11 Å². The van der Waals surface area contributed by atoms with Crippen LogP contribution in [0.25, 0.3) is 0 Å². The van der Waals surface area contributed by atoms with Gasteiger partial charge in [-0.3, -0.25) is 4.79 Å². The number of benzene rings is 2. The van der Waals surface area contributed by atoms with Crippen molar-refractivity contribution in [2.45, 2.75) is 26.7 Å². The lowest BCUT2D eigenvalue weighted by atomic mass is 10.1. The summed E-state index contributed by atoms with van der Waals surface area (Å²) in [4.78, 5) is 12.2. The van der Waals surface area contributed by atoms with E-state index in [0.717, 1.165) is 27.0 Å². The van der Waals surface area contributed by atoms with Gasteiger partial charge in [0.2, 0.25) is 5.91 Å². The first-order valence-corrected chi connectivity index (χ1v) is 8.68. The Hall–Kier alpha value is -2.01. The maximum Gasteiger partial charge on any atom is 0.224 e. The molecule has 0 unspecified atom stereocenters. The van der Waals surface area contributed by atoms with Crippen molar-refractivity contribution < 1.29 is 14.3 Å². The lowest BCUT2D eigenvalue weighted by molar-refractivity contribution is -0.116. The van der Waals surface area contributed by atoms with Gasteiger partial charge >= 0.3 is 0 Å². The van der Waals surface area contributed by atoms with Gasteiger partial charge in [0.1, 0.15) is 0 Å². The van der Waals surface area contributed by atoms with Crippen LogP contribution in [-0.2, 0) is 11.2 Å². The number of hydrogen-bond acceptors (Lipinski definition) is 3. The Morgan fingerprint density at radius 1 is 1.17 bits per heavy atom. The molecule has 0 fully saturated rings. The van der Waals surface area contributed by atoms with Crippen LogP contribution in [0, 0.1) is 6.92 Å². The average molecular weight is 392 g/mol. The quantitative estimate of drug-likeness (QED) is 0.741. The highest BCUT2D eigenvalue weighted by Crippen LogP contribution is 2.28. The highest BCUT2D eigenvalue weighted by atomic mass is 79.9. The monoisotopic (exact) mass is 391 g/mol. The van der Waals surface area contributed by atoms with Gasteiger partial charge in [0, 0.05) is 16.6 Å². The van der Waals surface area contributed by atoms with Gasteiger partial charge in [-0.2, -0.15) is 0 Å². The number of ether oxygens (including phenoxy) is 2. The van der Waals surface area contributed by atoms with Gasteiger partial charge in [-0.15, -0.1) is 0 Å². The zero-order chi connectivity index (χ0) is 17.5. The zero-order valence-corrected chi connectivity index (χ0v) is 15.8. The standard InChI is InChI=1S/C19H22BrNO3/c1-4-24-17-9-5-14(12-18(17)23-3)6-10-19(22)21-16-8-7-15(20)11-13(16)2/h5,7-9,11-12H,4,6,10H2,1-3H3,(H,21,22). The molecule has 2 rings (SSSR count). The molecule has 1 amide bonds. The first kappa shape index (κ1) is 18.3. The highest BCUT2D eigenvalue weighted by molar-refractivity contribution is 9.10. The van der Waals surface area contributed by atoms with Crippen molar-refractivity contribution in [3.63, 3.8) is 0 Å². The zero-order valence-electron chi connectivity index (χ0n) is 14.2. The van der Waals surface area contributed by atoms with E-state index in [1.807, 2.05) is 50.2 Å². The Morgan fingerprint density at radius 2 is 1.96 bits per heavy atom. The van der Waals surface area contributed by atoms with E-state index < -0.39 is 0 Å². The molecule has 0 saturated heterocycles. The molecule has 0 atom stereocenters. The lowest BCUT2D eigenvalue weighted by Crippen LogP contribution is -2.13. The smallest absolute Gasteiger partial charge is 0.224 e. The number of hydrogen-bond donors (Lipinski definition) is 1. The summed E-state index contributed by atoms with van der Waals surface area (Å²) in [7, 11) is 1.62. The first-order chi connectivity index (χ1) is 11.5. The van der Waals surface area contributed by atoms with Crippen LogP contribution in [0.1, 0.15) is 24.5 Å². The largest absolute Gasteiger partial charge is 0.493 e. The second-order valence-electron chi connectivity index (χ2n) is 5.43. The minimum Gasteiger partial charge on any atom is -0.493 e. The number of halogens is 1. The van der Waals surface area contributed by atoms with Crippen LogP contribution in [0.2, 0.25) is 0 Å². The molecule has 24 heavy (non-hydrogen) atoms. The Morgan fingerprint density at radius 3 is 2.62 bits per heavy atom. The van der Waals surface area contributed by atoms with E-state index in [0.29, 0.717) is 25.2 Å². The molecule has 0 aromatic heterocycles.